The van der Waals surface area contributed by atoms with Crippen LogP contribution in [0.1, 0.15) is 20.8 Å². The summed E-state index contributed by atoms with van der Waals surface area (Å²) in [6.45, 7) is 1.06. The lowest BCUT2D eigenvalue weighted by Gasteiger charge is -2.13. The first kappa shape index (κ1) is 15.9. The first-order valence-corrected chi connectivity index (χ1v) is 7.75. The van der Waals surface area contributed by atoms with Crippen molar-refractivity contribution in [1.82, 2.24) is 25.1 Å². The van der Waals surface area contributed by atoms with Crippen molar-refractivity contribution in [3.05, 3.63) is 53.6 Å². The van der Waals surface area contributed by atoms with Crippen molar-refractivity contribution in [2.75, 3.05) is 6.54 Å². The average Bonchev–Trinajstić information content (AvgIpc) is 3.07. The lowest BCUT2D eigenvalue weighted by molar-refractivity contribution is 0.0696. The molecule has 2 aromatic heterocycles. The molecule has 0 unspecified atom stereocenters. The third-order valence-corrected chi connectivity index (χ3v) is 3.99. The zero-order valence-corrected chi connectivity index (χ0v) is 13.3. The Bertz CT molecular complexity index is 1050. The molecule has 0 aliphatic carbocycles. The molecular weight excluding hydrogens is 341 g/mol. The van der Waals surface area contributed by atoms with Gasteiger partial charge in [-0.1, -0.05) is 0 Å². The van der Waals surface area contributed by atoms with E-state index >= 15 is 0 Å². The molecule has 8 nitrogen and oxygen atoms in total. The summed E-state index contributed by atoms with van der Waals surface area (Å²) in [6, 6.07) is 6.62. The first-order valence-electron chi connectivity index (χ1n) is 7.75. The third kappa shape index (κ3) is 2.69. The highest BCUT2D eigenvalue weighted by molar-refractivity contribution is 5.95. The number of nitrogens with zero attached hydrogens (tertiary/aromatic N) is 4. The predicted octanol–water partition coefficient (Wildman–Crippen LogP) is 1.59. The molecule has 0 atom stereocenters. The van der Waals surface area contributed by atoms with E-state index in [1.165, 1.54) is 12.3 Å². The van der Waals surface area contributed by atoms with Gasteiger partial charge >= 0.3 is 5.97 Å². The van der Waals surface area contributed by atoms with Gasteiger partial charge in [-0.15, -0.1) is 0 Å². The average molecular weight is 353 g/mol. The molecule has 0 radical (unpaired) electrons. The molecule has 130 valence electrons. The van der Waals surface area contributed by atoms with E-state index in [1.54, 1.807) is 16.8 Å². The molecular formula is C17H12FN5O3. The van der Waals surface area contributed by atoms with Crippen LogP contribution in [0.2, 0.25) is 0 Å². The molecule has 4 rings (SSSR count). The number of benzene rings is 1. The van der Waals surface area contributed by atoms with Crippen LogP contribution in [0.5, 0.6) is 0 Å². The van der Waals surface area contributed by atoms with Crippen LogP contribution in [0.15, 0.2) is 36.5 Å². The Kier molecular flexibility index (Phi) is 3.68. The largest absolute Gasteiger partial charge is 0.478 e. The Balaban J connectivity index is 1.79. The van der Waals surface area contributed by atoms with Gasteiger partial charge in [-0.25, -0.2) is 19.2 Å². The molecule has 3 aromatic rings. The van der Waals surface area contributed by atoms with E-state index in [0.717, 1.165) is 12.1 Å². The highest BCUT2D eigenvalue weighted by atomic mass is 19.1. The summed E-state index contributed by atoms with van der Waals surface area (Å²) in [5, 5.41) is 16.4. The number of fused-ring (bicyclic) bond motifs is 1. The molecule has 0 saturated carbocycles. The van der Waals surface area contributed by atoms with Crippen LogP contribution in [0.3, 0.4) is 0 Å². The van der Waals surface area contributed by atoms with Gasteiger partial charge in [-0.05, 0) is 30.3 Å². The second-order valence-corrected chi connectivity index (χ2v) is 5.65. The number of amides is 1. The number of aromatic nitrogens is 4. The summed E-state index contributed by atoms with van der Waals surface area (Å²) in [5.74, 6) is -2.01. The minimum absolute atomic E-state index is 0.135. The van der Waals surface area contributed by atoms with E-state index < -0.39 is 11.8 Å². The molecule has 1 aliphatic heterocycles. The molecule has 2 N–H and O–H groups in total. The number of carbonyl (C=O) groups excluding carboxylic acids is 1. The number of carboxylic acids is 1. The SMILES string of the molecule is O=C(O)c1cc(F)ccc1-c1nccc(-c2cc3n(n2)CCNC3=O)n1. The Morgan fingerprint density at radius 3 is 2.85 bits per heavy atom. The van der Waals surface area contributed by atoms with Crippen molar-refractivity contribution in [2.24, 2.45) is 0 Å². The van der Waals surface area contributed by atoms with Crippen molar-refractivity contribution in [1.29, 1.82) is 0 Å². The Hall–Kier alpha value is -3.62. The maximum absolute atomic E-state index is 13.4. The predicted molar refractivity (Wildman–Crippen MR) is 87.9 cm³/mol. The van der Waals surface area contributed by atoms with Crippen LogP contribution in [-0.2, 0) is 6.54 Å². The zero-order valence-electron chi connectivity index (χ0n) is 13.3. The van der Waals surface area contributed by atoms with Gasteiger partial charge in [-0.2, -0.15) is 5.10 Å². The van der Waals surface area contributed by atoms with Gasteiger partial charge in [0.05, 0.1) is 17.8 Å². The fraction of sp³-hybridized carbons (Fsp3) is 0.118. The topological polar surface area (TPSA) is 110 Å². The fourth-order valence-electron chi connectivity index (χ4n) is 2.78. The van der Waals surface area contributed by atoms with Crippen LogP contribution in [0.4, 0.5) is 4.39 Å². The summed E-state index contributed by atoms with van der Waals surface area (Å²) in [5.41, 5.74) is 1.30. The number of halogens is 1. The van der Waals surface area contributed by atoms with E-state index in [9.17, 15) is 19.1 Å². The molecule has 0 fully saturated rings. The minimum atomic E-state index is -1.28. The summed E-state index contributed by atoms with van der Waals surface area (Å²) in [4.78, 5) is 31.7. The van der Waals surface area contributed by atoms with Gasteiger partial charge < -0.3 is 10.4 Å². The first-order chi connectivity index (χ1) is 12.5. The Morgan fingerprint density at radius 1 is 1.23 bits per heavy atom. The van der Waals surface area contributed by atoms with Crippen molar-refractivity contribution >= 4 is 11.9 Å². The number of hydrogen-bond acceptors (Lipinski definition) is 5. The van der Waals surface area contributed by atoms with Gasteiger partial charge in [0.1, 0.15) is 17.2 Å². The van der Waals surface area contributed by atoms with E-state index in [4.69, 9.17) is 0 Å². The maximum atomic E-state index is 13.4. The fourth-order valence-corrected chi connectivity index (χ4v) is 2.78. The number of rotatable bonds is 3. The van der Waals surface area contributed by atoms with E-state index in [1.807, 2.05) is 0 Å². The van der Waals surface area contributed by atoms with Crippen LogP contribution in [0.25, 0.3) is 22.8 Å². The smallest absolute Gasteiger partial charge is 0.336 e. The van der Waals surface area contributed by atoms with Crippen molar-refractivity contribution in [2.45, 2.75) is 6.54 Å². The Labute approximate surface area is 146 Å². The number of nitrogens with one attached hydrogen (secondary N) is 1. The van der Waals surface area contributed by atoms with E-state index in [0.29, 0.717) is 30.2 Å². The van der Waals surface area contributed by atoms with Crippen molar-refractivity contribution in [3.8, 4) is 22.8 Å². The van der Waals surface area contributed by atoms with Gasteiger partial charge in [0, 0.05) is 18.3 Å². The van der Waals surface area contributed by atoms with Gasteiger partial charge in [0.15, 0.2) is 5.82 Å². The van der Waals surface area contributed by atoms with E-state index in [-0.39, 0.29) is 22.9 Å². The lowest BCUT2D eigenvalue weighted by Crippen LogP contribution is -2.35. The van der Waals surface area contributed by atoms with Crippen LogP contribution < -0.4 is 5.32 Å². The summed E-state index contributed by atoms with van der Waals surface area (Å²) < 4.78 is 15.0. The molecule has 0 bridgehead atoms. The standard InChI is InChI=1S/C17H12FN5O3/c18-9-1-2-10(11(7-9)17(25)26)15-19-4-3-12(21-15)13-8-14-16(24)20-5-6-23(14)22-13/h1-4,7-8H,5-6H2,(H,20,24)(H,25,26). The maximum Gasteiger partial charge on any atom is 0.336 e. The molecule has 0 spiro atoms. The highest BCUT2D eigenvalue weighted by Gasteiger charge is 2.21. The zero-order chi connectivity index (χ0) is 18.3. The molecule has 9 heteroatoms. The van der Waals surface area contributed by atoms with Crippen LogP contribution >= 0.6 is 0 Å². The van der Waals surface area contributed by atoms with Crippen molar-refractivity contribution in [3.63, 3.8) is 0 Å². The number of carbonyl (C=O) groups is 2. The van der Waals surface area contributed by atoms with Crippen LogP contribution in [0, 0.1) is 5.82 Å². The molecule has 3 heterocycles. The van der Waals surface area contributed by atoms with E-state index in [2.05, 4.69) is 20.4 Å². The molecule has 0 saturated heterocycles. The molecule has 1 aliphatic rings. The second kappa shape index (κ2) is 6.03. The molecule has 26 heavy (non-hydrogen) atoms. The minimum Gasteiger partial charge on any atom is -0.478 e. The highest BCUT2D eigenvalue weighted by Crippen LogP contribution is 2.25. The number of hydrogen-bond donors (Lipinski definition) is 2. The number of carboxylic acid groups (broad SMARTS) is 1. The van der Waals surface area contributed by atoms with Gasteiger partial charge in [0.2, 0.25) is 0 Å². The van der Waals surface area contributed by atoms with Gasteiger partial charge in [-0.3, -0.25) is 9.48 Å². The summed E-state index contributed by atoms with van der Waals surface area (Å²) >= 11 is 0. The molecule has 1 amide bonds. The quantitative estimate of drug-likeness (QED) is 0.740. The summed E-state index contributed by atoms with van der Waals surface area (Å²) in [7, 11) is 0. The van der Waals surface area contributed by atoms with Crippen LogP contribution in [-0.4, -0.2) is 43.3 Å². The molecule has 1 aromatic carbocycles. The normalized spacial score (nSPS) is 13.2. The summed E-state index contributed by atoms with van der Waals surface area (Å²) in [6.07, 6.45) is 1.46. The second-order valence-electron chi connectivity index (χ2n) is 5.65. The number of aromatic carboxylic acids is 1. The lowest BCUT2D eigenvalue weighted by atomic mass is 10.1. The Morgan fingerprint density at radius 2 is 2.08 bits per heavy atom. The van der Waals surface area contributed by atoms with Gasteiger partial charge in [0.25, 0.3) is 5.91 Å². The monoisotopic (exact) mass is 353 g/mol. The van der Waals surface area contributed by atoms with Crippen molar-refractivity contribution < 1.29 is 19.1 Å². The third-order valence-electron chi connectivity index (χ3n) is 3.99.